The molecular weight excluding hydrogens is 382 g/mol. The number of anilines is 1. The predicted molar refractivity (Wildman–Crippen MR) is 116 cm³/mol. The Morgan fingerprint density at radius 3 is 1.87 bits per heavy atom. The molecular formula is C23H29N3O4. The van der Waals surface area contributed by atoms with Gasteiger partial charge < -0.3 is 10.1 Å². The molecule has 2 aromatic rings. The summed E-state index contributed by atoms with van der Waals surface area (Å²) in [5, 5.41) is 2.75. The first kappa shape index (κ1) is 22.9. The van der Waals surface area contributed by atoms with Crippen molar-refractivity contribution in [3.05, 3.63) is 59.7 Å². The lowest BCUT2D eigenvalue weighted by Crippen LogP contribution is -2.41. The van der Waals surface area contributed by atoms with Crippen LogP contribution in [0.2, 0.25) is 0 Å². The number of carbonyl (C=O) groups is 3. The van der Waals surface area contributed by atoms with Crippen LogP contribution in [0, 0.1) is 5.92 Å². The second-order valence-electron chi connectivity index (χ2n) is 7.21. The van der Waals surface area contributed by atoms with Gasteiger partial charge in [-0.05, 0) is 55.0 Å². The third kappa shape index (κ3) is 7.24. The fourth-order valence-electron chi connectivity index (χ4n) is 2.49. The first-order valence-electron chi connectivity index (χ1n) is 10.1. The van der Waals surface area contributed by atoms with Gasteiger partial charge in [-0.1, -0.05) is 33.6 Å². The van der Waals surface area contributed by atoms with E-state index in [4.69, 9.17) is 4.74 Å². The minimum Gasteiger partial charge on any atom is -0.494 e. The Morgan fingerprint density at radius 1 is 0.833 bits per heavy atom. The molecule has 2 aromatic carbocycles. The molecule has 0 bridgehead atoms. The number of unbranched alkanes of at least 4 members (excludes halogenated alkanes) is 2. The van der Waals surface area contributed by atoms with E-state index in [1.165, 1.54) is 0 Å². The van der Waals surface area contributed by atoms with Crippen molar-refractivity contribution in [2.45, 2.75) is 40.0 Å². The van der Waals surface area contributed by atoms with Crippen LogP contribution in [-0.4, -0.2) is 24.3 Å². The zero-order chi connectivity index (χ0) is 21.9. The topological polar surface area (TPSA) is 96.5 Å². The molecule has 2 rings (SSSR count). The van der Waals surface area contributed by atoms with Crippen molar-refractivity contribution in [1.29, 1.82) is 0 Å². The van der Waals surface area contributed by atoms with E-state index in [-0.39, 0.29) is 11.8 Å². The Labute approximate surface area is 177 Å². The van der Waals surface area contributed by atoms with Crippen molar-refractivity contribution in [2.75, 3.05) is 11.9 Å². The highest BCUT2D eigenvalue weighted by molar-refractivity contribution is 5.99. The number of hydrazine groups is 1. The lowest BCUT2D eigenvalue weighted by Gasteiger charge is -2.10. The van der Waals surface area contributed by atoms with Crippen molar-refractivity contribution >= 4 is 23.4 Å². The van der Waals surface area contributed by atoms with Crippen LogP contribution in [0.25, 0.3) is 0 Å². The van der Waals surface area contributed by atoms with Crippen molar-refractivity contribution in [2.24, 2.45) is 5.92 Å². The average Bonchev–Trinajstić information content (AvgIpc) is 2.75. The van der Waals surface area contributed by atoms with Gasteiger partial charge in [0.15, 0.2) is 0 Å². The lowest BCUT2D eigenvalue weighted by molar-refractivity contribution is -0.118. The maximum absolute atomic E-state index is 12.2. The molecule has 160 valence electrons. The highest BCUT2D eigenvalue weighted by Crippen LogP contribution is 2.13. The molecule has 30 heavy (non-hydrogen) atoms. The number of nitrogens with one attached hydrogen (secondary N) is 3. The minimum atomic E-state index is -0.457. The molecule has 3 N–H and O–H groups in total. The first-order valence-corrected chi connectivity index (χ1v) is 10.1. The summed E-state index contributed by atoms with van der Waals surface area (Å²) in [6, 6.07) is 13.2. The predicted octanol–water partition coefficient (Wildman–Crippen LogP) is 3.92. The maximum Gasteiger partial charge on any atom is 0.269 e. The van der Waals surface area contributed by atoms with E-state index in [0.717, 1.165) is 19.3 Å². The molecule has 0 heterocycles. The SMILES string of the molecule is CCCCCOc1ccc(C(=O)NNC(=O)c2ccc(NC(=O)C(C)C)cc2)cc1. The van der Waals surface area contributed by atoms with Crippen LogP contribution in [0.4, 0.5) is 5.69 Å². The molecule has 0 aromatic heterocycles. The van der Waals surface area contributed by atoms with Crippen LogP contribution in [-0.2, 0) is 4.79 Å². The summed E-state index contributed by atoms with van der Waals surface area (Å²) in [6.07, 6.45) is 3.25. The zero-order valence-corrected chi connectivity index (χ0v) is 17.7. The largest absolute Gasteiger partial charge is 0.494 e. The number of benzene rings is 2. The normalized spacial score (nSPS) is 10.4. The lowest BCUT2D eigenvalue weighted by atomic mass is 10.1. The quantitative estimate of drug-likeness (QED) is 0.430. The van der Waals surface area contributed by atoms with Gasteiger partial charge >= 0.3 is 0 Å². The number of carbonyl (C=O) groups excluding carboxylic acids is 3. The van der Waals surface area contributed by atoms with Crippen molar-refractivity contribution in [3.8, 4) is 5.75 Å². The number of hydrogen-bond acceptors (Lipinski definition) is 4. The molecule has 0 saturated heterocycles. The Kier molecular flexibility index (Phi) is 8.87. The number of hydrogen-bond donors (Lipinski definition) is 3. The molecule has 0 aliphatic rings. The third-order valence-corrected chi connectivity index (χ3v) is 4.36. The zero-order valence-electron chi connectivity index (χ0n) is 17.7. The number of amides is 3. The van der Waals surface area contributed by atoms with E-state index in [0.29, 0.717) is 29.2 Å². The van der Waals surface area contributed by atoms with Gasteiger partial charge in [-0.25, -0.2) is 0 Å². The Hall–Kier alpha value is -3.35. The second kappa shape index (κ2) is 11.6. The van der Waals surface area contributed by atoms with Gasteiger partial charge in [-0.15, -0.1) is 0 Å². The molecule has 0 aliphatic heterocycles. The van der Waals surface area contributed by atoms with Crippen LogP contribution >= 0.6 is 0 Å². The summed E-state index contributed by atoms with van der Waals surface area (Å²) in [4.78, 5) is 36.1. The molecule has 0 fully saturated rings. The highest BCUT2D eigenvalue weighted by Gasteiger charge is 2.11. The summed E-state index contributed by atoms with van der Waals surface area (Å²) >= 11 is 0. The summed E-state index contributed by atoms with van der Waals surface area (Å²) in [7, 11) is 0. The Balaban J connectivity index is 1.82. The van der Waals surface area contributed by atoms with E-state index in [1.807, 2.05) is 0 Å². The highest BCUT2D eigenvalue weighted by atomic mass is 16.5. The van der Waals surface area contributed by atoms with E-state index in [9.17, 15) is 14.4 Å². The molecule has 0 unspecified atom stereocenters. The van der Waals surface area contributed by atoms with E-state index in [2.05, 4.69) is 23.1 Å². The van der Waals surface area contributed by atoms with Crippen LogP contribution < -0.4 is 20.9 Å². The van der Waals surface area contributed by atoms with Crippen LogP contribution in [0.1, 0.15) is 60.7 Å². The van der Waals surface area contributed by atoms with Gasteiger partial charge in [-0.2, -0.15) is 0 Å². The minimum absolute atomic E-state index is 0.100. The summed E-state index contributed by atoms with van der Waals surface area (Å²) < 4.78 is 5.62. The van der Waals surface area contributed by atoms with Crippen molar-refractivity contribution in [1.82, 2.24) is 10.9 Å². The Bertz CT molecular complexity index is 846. The number of rotatable bonds is 9. The molecule has 7 nitrogen and oxygen atoms in total. The fourth-order valence-corrected chi connectivity index (χ4v) is 2.49. The first-order chi connectivity index (χ1) is 14.4. The van der Waals surface area contributed by atoms with Gasteiger partial charge in [-0.3, -0.25) is 25.2 Å². The summed E-state index contributed by atoms with van der Waals surface area (Å²) in [5.74, 6) is -0.416. The van der Waals surface area contributed by atoms with Gasteiger partial charge in [0.2, 0.25) is 5.91 Å². The molecule has 3 amide bonds. The van der Waals surface area contributed by atoms with E-state index >= 15 is 0 Å². The smallest absolute Gasteiger partial charge is 0.269 e. The van der Waals surface area contributed by atoms with Crippen LogP contribution in [0.3, 0.4) is 0 Å². The van der Waals surface area contributed by atoms with Gasteiger partial charge in [0, 0.05) is 22.7 Å². The molecule has 0 aliphatic carbocycles. The second-order valence-corrected chi connectivity index (χ2v) is 7.21. The van der Waals surface area contributed by atoms with Crippen molar-refractivity contribution < 1.29 is 19.1 Å². The standard InChI is InChI=1S/C23H29N3O4/c1-4-5-6-15-30-20-13-9-18(10-14-20)23(29)26-25-22(28)17-7-11-19(12-8-17)24-21(27)16(2)3/h7-14,16H,4-6,15H2,1-3H3,(H,24,27)(H,25,28)(H,26,29). The van der Waals surface area contributed by atoms with E-state index < -0.39 is 11.8 Å². The molecule has 0 saturated carbocycles. The molecule has 0 atom stereocenters. The van der Waals surface area contributed by atoms with Crippen LogP contribution in [0.5, 0.6) is 5.75 Å². The van der Waals surface area contributed by atoms with E-state index in [1.54, 1.807) is 62.4 Å². The molecule has 0 spiro atoms. The average molecular weight is 412 g/mol. The van der Waals surface area contributed by atoms with Gasteiger partial charge in [0.25, 0.3) is 11.8 Å². The monoisotopic (exact) mass is 411 g/mol. The van der Waals surface area contributed by atoms with Crippen molar-refractivity contribution in [3.63, 3.8) is 0 Å². The maximum atomic E-state index is 12.2. The molecule has 7 heteroatoms. The molecule has 0 radical (unpaired) electrons. The fraction of sp³-hybridized carbons (Fsp3) is 0.348. The van der Waals surface area contributed by atoms with Gasteiger partial charge in [0.1, 0.15) is 5.75 Å². The third-order valence-electron chi connectivity index (χ3n) is 4.36. The summed E-state index contributed by atoms with van der Waals surface area (Å²) in [5.41, 5.74) is 6.13. The Morgan fingerprint density at radius 2 is 1.37 bits per heavy atom. The number of ether oxygens (including phenoxy) is 1. The van der Waals surface area contributed by atoms with Crippen LogP contribution in [0.15, 0.2) is 48.5 Å². The van der Waals surface area contributed by atoms with Gasteiger partial charge in [0.05, 0.1) is 6.61 Å². The summed E-state index contributed by atoms with van der Waals surface area (Å²) in [6.45, 7) is 6.38.